The summed E-state index contributed by atoms with van der Waals surface area (Å²) in [7, 11) is 0. The van der Waals surface area contributed by atoms with Crippen molar-refractivity contribution < 1.29 is 9.53 Å². The van der Waals surface area contributed by atoms with Crippen LogP contribution in [-0.4, -0.2) is 20.7 Å². The Kier molecular flexibility index (Phi) is 5.06. The fourth-order valence-corrected chi connectivity index (χ4v) is 2.68. The van der Waals surface area contributed by atoms with E-state index in [4.69, 9.17) is 27.9 Å². The lowest BCUT2D eigenvalue weighted by Gasteiger charge is -2.07. The molecule has 0 atom stereocenters. The normalized spacial score (nSPS) is 10.7. The predicted octanol–water partition coefficient (Wildman–Crippen LogP) is 4.55. The fourth-order valence-electron chi connectivity index (χ4n) is 2.35. The number of rotatable bonds is 4. The van der Waals surface area contributed by atoms with Gasteiger partial charge in [-0.15, -0.1) is 0 Å². The minimum absolute atomic E-state index is 0.106. The van der Waals surface area contributed by atoms with Crippen LogP contribution in [0.4, 0.5) is 0 Å². The number of hydrogen-bond donors (Lipinski definition) is 0. The third-order valence-electron chi connectivity index (χ3n) is 3.56. The Labute approximate surface area is 155 Å². The molecule has 0 N–H and O–H groups in total. The van der Waals surface area contributed by atoms with Crippen molar-refractivity contribution in [1.29, 1.82) is 0 Å². The zero-order chi connectivity index (χ0) is 18.0. The molecule has 0 aliphatic rings. The first kappa shape index (κ1) is 17.5. The lowest BCUT2D eigenvalue weighted by molar-refractivity contribution is 0.0472. The molecule has 3 rings (SSSR count). The number of carbonyl (C=O) groups is 1. The maximum atomic E-state index is 12.1. The number of aromatic nitrogens is 3. The number of benzene rings is 1. The number of nitrogens with zero attached hydrogens (tertiary/aromatic N) is 3. The van der Waals surface area contributed by atoms with Gasteiger partial charge in [-0.3, -0.25) is 0 Å². The van der Waals surface area contributed by atoms with Gasteiger partial charge in [-0.25, -0.2) is 14.5 Å². The molecule has 0 spiro atoms. The molecule has 0 radical (unpaired) electrons. The van der Waals surface area contributed by atoms with Crippen molar-refractivity contribution in [3.05, 3.63) is 75.2 Å². The molecule has 128 valence electrons. The average molecular weight is 376 g/mol. The van der Waals surface area contributed by atoms with Crippen LogP contribution in [0.25, 0.3) is 5.82 Å². The first-order chi connectivity index (χ1) is 11.9. The Bertz CT molecular complexity index is 921. The number of halogens is 2. The number of aryl methyl sites for hydroxylation is 2. The van der Waals surface area contributed by atoms with E-state index in [-0.39, 0.29) is 6.61 Å². The third-order valence-corrected chi connectivity index (χ3v) is 4.30. The molecule has 2 aromatic heterocycles. The summed E-state index contributed by atoms with van der Waals surface area (Å²) < 4.78 is 7.00. The highest BCUT2D eigenvalue weighted by atomic mass is 35.5. The molecule has 1 aromatic carbocycles. The molecule has 7 heteroatoms. The van der Waals surface area contributed by atoms with E-state index in [1.54, 1.807) is 35.0 Å². The van der Waals surface area contributed by atoms with Crippen molar-refractivity contribution in [3.63, 3.8) is 0 Å². The summed E-state index contributed by atoms with van der Waals surface area (Å²) in [5.41, 5.74) is 3.00. The summed E-state index contributed by atoms with van der Waals surface area (Å²) in [6.07, 6.45) is 1.48. The molecule has 0 bridgehead atoms. The molecule has 0 saturated heterocycles. The van der Waals surface area contributed by atoms with Crippen LogP contribution in [0.5, 0.6) is 0 Å². The van der Waals surface area contributed by atoms with Gasteiger partial charge in [0.25, 0.3) is 0 Å². The largest absolute Gasteiger partial charge is 0.457 e. The smallest absolute Gasteiger partial charge is 0.340 e. The molecule has 2 heterocycles. The standard InChI is InChI=1S/C18H15Cl2N3O2/c1-11-7-12(2)23(22-11)17-6-4-14(9-21-17)18(24)25-10-13-3-5-15(19)16(20)8-13/h3-9H,10H2,1-2H3. The Balaban J connectivity index is 1.68. The lowest BCUT2D eigenvalue weighted by atomic mass is 10.2. The Morgan fingerprint density at radius 1 is 1.12 bits per heavy atom. The monoisotopic (exact) mass is 375 g/mol. The van der Waals surface area contributed by atoms with E-state index in [2.05, 4.69) is 10.1 Å². The van der Waals surface area contributed by atoms with E-state index in [1.165, 1.54) is 6.20 Å². The molecule has 5 nitrogen and oxygen atoms in total. The maximum Gasteiger partial charge on any atom is 0.340 e. The van der Waals surface area contributed by atoms with Crippen LogP contribution in [0, 0.1) is 13.8 Å². The van der Waals surface area contributed by atoms with E-state index in [1.807, 2.05) is 19.9 Å². The summed E-state index contributed by atoms with van der Waals surface area (Å²) in [6, 6.07) is 10.4. The zero-order valence-electron chi connectivity index (χ0n) is 13.7. The maximum absolute atomic E-state index is 12.1. The summed E-state index contributed by atoms with van der Waals surface area (Å²) in [4.78, 5) is 16.4. The topological polar surface area (TPSA) is 57.0 Å². The molecule has 0 unspecified atom stereocenters. The van der Waals surface area contributed by atoms with E-state index >= 15 is 0 Å². The van der Waals surface area contributed by atoms with Crippen molar-refractivity contribution in [1.82, 2.24) is 14.8 Å². The van der Waals surface area contributed by atoms with Crippen molar-refractivity contribution in [2.24, 2.45) is 0 Å². The molecule has 0 aliphatic heterocycles. The number of esters is 1. The van der Waals surface area contributed by atoms with Gasteiger partial charge in [0.1, 0.15) is 6.61 Å². The minimum Gasteiger partial charge on any atom is -0.457 e. The van der Waals surface area contributed by atoms with Crippen LogP contribution >= 0.6 is 23.2 Å². The molecule has 0 aliphatic carbocycles. The third kappa shape index (κ3) is 4.00. The van der Waals surface area contributed by atoms with Gasteiger partial charge in [0.2, 0.25) is 0 Å². The van der Waals surface area contributed by atoms with Crippen molar-refractivity contribution in [2.75, 3.05) is 0 Å². The zero-order valence-corrected chi connectivity index (χ0v) is 15.2. The first-order valence-electron chi connectivity index (χ1n) is 7.55. The second-order valence-electron chi connectivity index (χ2n) is 5.57. The van der Waals surface area contributed by atoms with Gasteiger partial charge in [0.15, 0.2) is 5.82 Å². The fraction of sp³-hybridized carbons (Fsp3) is 0.167. The van der Waals surface area contributed by atoms with Gasteiger partial charge in [0.05, 0.1) is 21.3 Å². The summed E-state index contributed by atoms with van der Waals surface area (Å²) >= 11 is 11.8. The second-order valence-corrected chi connectivity index (χ2v) is 6.38. The second kappa shape index (κ2) is 7.25. The molecule has 0 saturated carbocycles. The van der Waals surface area contributed by atoms with Gasteiger partial charge >= 0.3 is 5.97 Å². The molecular formula is C18H15Cl2N3O2. The van der Waals surface area contributed by atoms with E-state index < -0.39 is 5.97 Å². The minimum atomic E-state index is -0.460. The van der Waals surface area contributed by atoms with Gasteiger partial charge in [-0.05, 0) is 49.7 Å². The highest BCUT2D eigenvalue weighted by molar-refractivity contribution is 6.42. The summed E-state index contributed by atoms with van der Waals surface area (Å²) in [5, 5.41) is 5.24. The van der Waals surface area contributed by atoms with Crippen LogP contribution < -0.4 is 0 Å². The van der Waals surface area contributed by atoms with Crippen LogP contribution in [0.15, 0.2) is 42.6 Å². The predicted molar refractivity (Wildman–Crippen MR) is 96.4 cm³/mol. The van der Waals surface area contributed by atoms with E-state index in [0.29, 0.717) is 21.4 Å². The molecule has 3 aromatic rings. The van der Waals surface area contributed by atoms with Gasteiger partial charge in [-0.1, -0.05) is 29.3 Å². The van der Waals surface area contributed by atoms with Gasteiger partial charge in [-0.2, -0.15) is 5.10 Å². The van der Waals surface area contributed by atoms with Crippen LogP contribution in [0.3, 0.4) is 0 Å². The van der Waals surface area contributed by atoms with E-state index in [9.17, 15) is 4.79 Å². The quantitative estimate of drug-likeness (QED) is 0.627. The van der Waals surface area contributed by atoms with Crippen molar-refractivity contribution in [2.45, 2.75) is 20.5 Å². The average Bonchev–Trinajstić information content (AvgIpc) is 2.94. The SMILES string of the molecule is Cc1cc(C)n(-c2ccc(C(=O)OCc3ccc(Cl)c(Cl)c3)cn2)n1. The van der Waals surface area contributed by atoms with Crippen LogP contribution in [-0.2, 0) is 11.3 Å². The summed E-state index contributed by atoms with van der Waals surface area (Å²) in [6.45, 7) is 3.97. The Morgan fingerprint density at radius 2 is 1.92 bits per heavy atom. The highest BCUT2D eigenvalue weighted by Gasteiger charge is 2.11. The number of ether oxygens (including phenoxy) is 1. The summed E-state index contributed by atoms with van der Waals surface area (Å²) in [5.74, 6) is 0.185. The number of carbonyl (C=O) groups excluding carboxylic acids is 1. The highest BCUT2D eigenvalue weighted by Crippen LogP contribution is 2.23. The number of hydrogen-bond acceptors (Lipinski definition) is 4. The Hall–Kier alpha value is -2.37. The lowest BCUT2D eigenvalue weighted by Crippen LogP contribution is -2.08. The van der Waals surface area contributed by atoms with Gasteiger partial charge < -0.3 is 4.74 Å². The van der Waals surface area contributed by atoms with E-state index in [0.717, 1.165) is 17.0 Å². The van der Waals surface area contributed by atoms with Crippen molar-refractivity contribution in [3.8, 4) is 5.82 Å². The van der Waals surface area contributed by atoms with Crippen molar-refractivity contribution >= 4 is 29.2 Å². The van der Waals surface area contributed by atoms with Crippen LogP contribution in [0.1, 0.15) is 27.3 Å². The molecular weight excluding hydrogens is 361 g/mol. The molecule has 0 amide bonds. The first-order valence-corrected chi connectivity index (χ1v) is 8.30. The van der Waals surface area contributed by atoms with Gasteiger partial charge in [0, 0.05) is 11.9 Å². The number of pyridine rings is 1. The Morgan fingerprint density at radius 3 is 2.52 bits per heavy atom. The van der Waals surface area contributed by atoms with Crippen LogP contribution in [0.2, 0.25) is 10.0 Å². The molecule has 0 fully saturated rings. The molecule has 25 heavy (non-hydrogen) atoms.